The molecule has 0 aliphatic heterocycles. The van der Waals surface area contributed by atoms with Crippen molar-refractivity contribution in [2.24, 2.45) is 0 Å². The van der Waals surface area contributed by atoms with Gasteiger partial charge in [0.2, 0.25) is 10.0 Å². The Morgan fingerprint density at radius 1 is 1.21 bits per heavy atom. The first-order chi connectivity index (χ1) is 8.76. The molecule has 0 aliphatic rings. The molecule has 0 unspecified atom stereocenters. The SMILES string of the molecule is CCS(=O)(=O)N(CCC(=O)O)c1cc(C)cc(C)c1. The molecule has 1 N–H and O–H groups in total. The maximum atomic E-state index is 12.1. The van der Waals surface area contributed by atoms with Crippen LogP contribution in [0.5, 0.6) is 0 Å². The van der Waals surface area contributed by atoms with Gasteiger partial charge in [-0.25, -0.2) is 8.42 Å². The molecule has 1 rings (SSSR count). The molecule has 0 saturated heterocycles. The van der Waals surface area contributed by atoms with Crippen LogP contribution < -0.4 is 4.31 Å². The predicted molar refractivity (Wildman–Crippen MR) is 75.0 cm³/mol. The van der Waals surface area contributed by atoms with E-state index < -0.39 is 16.0 Å². The summed E-state index contributed by atoms with van der Waals surface area (Å²) in [7, 11) is -3.47. The van der Waals surface area contributed by atoms with E-state index in [1.807, 2.05) is 19.9 Å². The van der Waals surface area contributed by atoms with Gasteiger partial charge in [0.15, 0.2) is 0 Å². The van der Waals surface area contributed by atoms with Gasteiger partial charge in [-0.05, 0) is 44.0 Å². The summed E-state index contributed by atoms with van der Waals surface area (Å²) in [6.45, 7) is 5.26. The van der Waals surface area contributed by atoms with Gasteiger partial charge in [0.1, 0.15) is 0 Å². The molecule has 0 saturated carbocycles. The molecule has 5 nitrogen and oxygen atoms in total. The highest BCUT2D eigenvalue weighted by Crippen LogP contribution is 2.22. The number of aryl methyl sites for hydroxylation is 2. The number of carboxylic acids is 1. The molecule has 0 atom stereocenters. The molecule has 0 radical (unpaired) electrons. The van der Waals surface area contributed by atoms with Crippen LogP contribution in [0.4, 0.5) is 5.69 Å². The van der Waals surface area contributed by atoms with E-state index in [4.69, 9.17) is 5.11 Å². The van der Waals surface area contributed by atoms with Crippen molar-refractivity contribution in [1.29, 1.82) is 0 Å². The van der Waals surface area contributed by atoms with Crippen molar-refractivity contribution in [2.45, 2.75) is 27.2 Å². The smallest absolute Gasteiger partial charge is 0.305 e. The Morgan fingerprint density at radius 2 is 1.74 bits per heavy atom. The fraction of sp³-hybridized carbons (Fsp3) is 0.462. The summed E-state index contributed by atoms with van der Waals surface area (Å²) in [5.41, 5.74) is 2.42. The minimum Gasteiger partial charge on any atom is -0.481 e. The third-order valence-corrected chi connectivity index (χ3v) is 4.52. The van der Waals surface area contributed by atoms with Crippen molar-refractivity contribution >= 4 is 21.7 Å². The Bertz CT molecular complexity index is 546. The van der Waals surface area contributed by atoms with E-state index in [2.05, 4.69) is 0 Å². The molecule has 6 heteroatoms. The van der Waals surface area contributed by atoms with E-state index in [0.717, 1.165) is 11.1 Å². The van der Waals surface area contributed by atoms with Crippen molar-refractivity contribution in [3.05, 3.63) is 29.3 Å². The molecule has 0 spiro atoms. The fourth-order valence-electron chi connectivity index (χ4n) is 1.88. The van der Waals surface area contributed by atoms with Gasteiger partial charge in [-0.3, -0.25) is 9.10 Å². The molecule has 1 aromatic carbocycles. The number of carboxylic acid groups (broad SMARTS) is 1. The van der Waals surface area contributed by atoms with Crippen molar-refractivity contribution in [3.8, 4) is 0 Å². The number of aliphatic carboxylic acids is 1. The second kappa shape index (κ2) is 6.06. The molecular weight excluding hydrogens is 266 g/mol. The zero-order chi connectivity index (χ0) is 14.6. The topological polar surface area (TPSA) is 74.7 Å². The summed E-state index contributed by atoms with van der Waals surface area (Å²) in [5.74, 6) is -1.07. The van der Waals surface area contributed by atoms with Gasteiger partial charge in [0, 0.05) is 6.54 Å². The zero-order valence-electron chi connectivity index (χ0n) is 11.4. The van der Waals surface area contributed by atoms with Gasteiger partial charge in [-0.15, -0.1) is 0 Å². The van der Waals surface area contributed by atoms with Crippen molar-refractivity contribution in [1.82, 2.24) is 0 Å². The standard InChI is InChI=1S/C13H19NO4S/c1-4-19(17,18)14(6-5-13(15)16)12-8-10(2)7-11(3)9-12/h7-9H,4-6H2,1-3H3,(H,15,16). The predicted octanol–water partition coefficient (Wildman–Crippen LogP) is 1.93. The molecule has 0 fully saturated rings. The van der Waals surface area contributed by atoms with Gasteiger partial charge in [-0.2, -0.15) is 0 Å². The quantitative estimate of drug-likeness (QED) is 0.866. The van der Waals surface area contributed by atoms with Gasteiger partial charge < -0.3 is 5.11 Å². The Kier molecular flexibility index (Phi) is 4.94. The first-order valence-electron chi connectivity index (χ1n) is 6.06. The lowest BCUT2D eigenvalue weighted by Crippen LogP contribution is -2.34. The summed E-state index contributed by atoms with van der Waals surface area (Å²) in [6.07, 6.45) is -0.216. The highest BCUT2D eigenvalue weighted by molar-refractivity contribution is 7.92. The van der Waals surface area contributed by atoms with Crippen molar-refractivity contribution < 1.29 is 18.3 Å². The van der Waals surface area contributed by atoms with E-state index >= 15 is 0 Å². The zero-order valence-corrected chi connectivity index (χ0v) is 12.2. The Morgan fingerprint density at radius 3 is 2.16 bits per heavy atom. The summed E-state index contributed by atoms with van der Waals surface area (Å²) in [5, 5.41) is 8.74. The van der Waals surface area contributed by atoms with Crippen LogP contribution in [0.1, 0.15) is 24.5 Å². The molecule has 0 bridgehead atoms. The van der Waals surface area contributed by atoms with Gasteiger partial charge >= 0.3 is 5.97 Å². The molecule has 0 aliphatic carbocycles. The third kappa shape index (κ3) is 4.24. The summed E-state index contributed by atoms with van der Waals surface area (Å²) in [4.78, 5) is 10.7. The number of nitrogens with zero attached hydrogens (tertiary/aromatic N) is 1. The number of hydrogen-bond acceptors (Lipinski definition) is 3. The summed E-state index contributed by atoms with van der Waals surface area (Å²) in [6, 6.07) is 5.45. The Balaban J connectivity index is 3.19. The van der Waals surface area contributed by atoms with Crippen molar-refractivity contribution in [2.75, 3.05) is 16.6 Å². The van der Waals surface area contributed by atoms with E-state index in [1.165, 1.54) is 4.31 Å². The molecule has 1 aromatic rings. The average molecular weight is 285 g/mol. The normalized spacial score (nSPS) is 11.3. The number of carbonyl (C=O) groups is 1. The molecule has 0 heterocycles. The summed E-state index contributed by atoms with van der Waals surface area (Å²) < 4.78 is 25.3. The number of anilines is 1. The minimum atomic E-state index is -3.47. The van der Waals surface area contributed by atoms with E-state index in [9.17, 15) is 13.2 Å². The second-order valence-electron chi connectivity index (χ2n) is 4.46. The first kappa shape index (κ1) is 15.5. The largest absolute Gasteiger partial charge is 0.481 e. The third-order valence-electron chi connectivity index (χ3n) is 2.72. The maximum Gasteiger partial charge on any atom is 0.305 e. The summed E-state index contributed by atoms with van der Waals surface area (Å²) >= 11 is 0. The Hall–Kier alpha value is -1.56. The van der Waals surface area contributed by atoms with Crippen LogP contribution in [0.25, 0.3) is 0 Å². The maximum absolute atomic E-state index is 12.1. The van der Waals surface area contributed by atoms with Crippen LogP contribution in [0.15, 0.2) is 18.2 Å². The highest BCUT2D eigenvalue weighted by Gasteiger charge is 2.21. The van der Waals surface area contributed by atoms with E-state index in [0.29, 0.717) is 5.69 Å². The molecule has 0 aromatic heterocycles. The second-order valence-corrected chi connectivity index (χ2v) is 6.64. The lowest BCUT2D eigenvalue weighted by molar-refractivity contribution is -0.136. The van der Waals surface area contributed by atoms with Gasteiger partial charge in [0.05, 0.1) is 17.9 Å². The van der Waals surface area contributed by atoms with Gasteiger partial charge in [0.25, 0.3) is 0 Å². The molecular formula is C13H19NO4S. The highest BCUT2D eigenvalue weighted by atomic mass is 32.2. The van der Waals surface area contributed by atoms with Crippen molar-refractivity contribution in [3.63, 3.8) is 0 Å². The molecule has 19 heavy (non-hydrogen) atoms. The number of rotatable bonds is 6. The monoisotopic (exact) mass is 285 g/mol. The molecule has 106 valence electrons. The van der Waals surface area contributed by atoms with Crippen LogP contribution in [0.3, 0.4) is 0 Å². The van der Waals surface area contributed by atoms with Crippen LogP contribution >= 0.6 is 0 Å². The lowest BCUT2D eigenvalue weighted by atomic mass is 10.1. The lowest BCUT2D eigenvalue weighted by Gasteiger charge is -2.24. The van der Waals surface area contributed by atoms with Crippen LogP contribution in [0.2, 0.25) is 0 Å². The minimum absolute atomic E-state index is 0.0472. The Labute approximate surface area is 113 Å². The number of hydrogen-bond donors (Lipinski definition) is 1. The molecule has 0 amide bonds. The van der Waals surface area contributed by atoms with Gasteiger partial charge in [-0.1, -0.05) is 6.07 Å². The van der Waals surface area contributed by atoms with E-state index in [-0.39, 0.29) is 18.7 Å². The van der Waals surface area contributed by atoms with E-state index in [1.54, 1.807) is 19.1 Å². The fourth-order valence-corrected chi connectivity index (χ4v) is 2.98. The van der Waals surface area contributed by atoms with Crippen LogP contribution in [0, 0.1) is 13.8 Å². The van der Waals surface area contributed by atoms with Crippen LogP contribution in [-0.2, 0) is 14.8 Å². The van der Waals surface area contributed by atoms with Crippen LogP contribution in [-0.4, -0.2) is 31.8 Å². The number of sulfonamides is 1. The first-order valence-corrected chi connectivity index (χ1v) is 7.67. The number of benzene rings is 1. The average Bonchev–Trinajstić information content (AvgIpc) is 2.27.